The number of rotatable bonds is 6. The van der Waals surface area contributed by atoms with Crippen molar-refractivity contribution in [1.82, 2.24) is 5.32 Å². The van der Waals surface area contributed by atoms with E-state index in [9.17, 15) is 19.2 Å². The van der Waals surface area contributed by atoms with E-state index < -0.39 is 23.8 Å². The van der Waals surface area contributed by atoms with Crippen LogP contribution in [-0.4, -0.2) is 30.4 Å². The molecule has 0 bridgehead atoms. The van der Waals surface area contributed by atoms with Crippen LogP contribution in [0.15, 0.2) is 66.2 Å². The fourth-order valence-electron chi connectivity index (χ4n) is 3.52. The van der Waals surface area contributed by atoms with E-state index in [0.29, 0.717) is 26.9 Å². The van der Waals surface area contributed by atoms with E-state index in [4.69, 9.17) is 39.5 Å². The molecule has 0 spiro atoms. The lowest BCUT2D eigenvalue weighted by molar-refractivity contribution is -0.122. The van der Waals surface area contributed by atoms with Crippen LogP contribution < -0.4 is 20.3 Å². The molecule has 5 amide bonds. The number of halogens is 3. The molecule has 0 radical (unpaired) electrons. The van der Waals surface area contributed by atoms with Crippen LogP contribution in [0, 0.1) is 6.92 Å². The third kappa shape index (κ3) is 5.77. The van der Waals surface area contributed by atoms with Crippen molar-refractivity contribution < 1.29 is 23.9 Å². The number of barbiturate groups is 1. The Morgan fingerprint density at radius 2 is 1.73 bits per heavy atom. The van der Waals surface area contributed by atoms with Crippen LogP contribution in [0.25, 0.3) is 6.08 Å². The molecule has 3 aromatic carbocycles. The van der Waals surface area contributed by atoms with Crippen molar-refractivity contribution in [1.29, 1.82) is 0 Å². The number of hydrogen-bond acceptors (Lipinski definition) is 5. The first-order valence-electron chi connectivity index (χ1n) is 10.8. The summed E-state index contributed by atoms with van der Waals surface area (Å²) in [5.41, 5.74) is 1.23. The Morgan fingerprint density at radius 1 is 0.973 bits per heavy atom. The molecule has 188 valence electrons. The van der Waals surface area contributed by atoms with Crippen molar-refractivity contribution in [3.63, 3.8) is 0 Å². The van der Waals surface area contributed by atoms with Gasteiger partial charge in [-0.3, -0.25) is 19.7 Å². The smallest absolute Gasteiger partial charge is 0.335 e. The standard InChI is InChI=1S/C26H18Cl3N3O5/c1-14-18(27)6-4-7-21(14)32-25(35)17(24(34)31-26(32)36)11-15-5-2-3-8-22(15)37-13-23(33)30-16-9-10-19(28)20(29)12-16/h2-12H,13H2,1H3,(H,30,33)(H,31,34,36)/b17-11-. The summed E-state index contributed by atoms with van der Waals surface area (Å²) in [7, 11) is 0. The maximum atomic E-state index is 13.3. The normalized spacial score (nSPS) is 14.5. The quantitative estimate of drug-likeness (QED) is 0.301. The van der Waals surface area contributed by atoms with E-state index in [1.54, 1.807) is 61.5 Å². The molecule has 0 unspecified atom stereocenters. The lowest BCUT2D eigenvalue weighted by Crippen LogP contribution is -2.54. The molecule has 37 heavy (non-hydrogen) atoms. The van der Waals surface area contributed by atoms with Crippen LogP contribution in [0.2, 0.25) is 15.1 Å². The fourth-order valence-corrected chi connectivity index (χ4v) is 3.98. The summed E-state index contributed by atoms with van der Waals surface area (Å²) in [6, 6.07) is 15.0. The fraction of sp³-hybridized carbons (Fsp3) is 0.0769. The number of amides is 5. The monoisotopic (exact) mass is 557 g/mol. The molecule has 2 N–H and O–H groups in total. The number of carbonyl (C=O) groups is 4. The van der Waals surface area contributed by atoms with Gasteiger partial charge in [0.25, 0.3) is 17.7 Å². The number of para-hydroxylation sites is 1. The Hall–Kier alpha value is -3.85. The molecule has 4 rings (SSSR count). The minimum Gasteiger partial charge on any atom is -0.483 e. The Labute approximate surface area is 226 Å². The molecule has 1 fully saturated rings. The average molecular weight is 559 g/mol. The lowest BCUT2D eigenvalue weighted by Gasteiger charge is -2.27. The molecular weight excluding hydrogens is 541 g/mol. The second kappa shape index (κ2) is 11.0. The predicted octanol–water partition coefficient (Wildman–Crippen LogP) is 5.64. The van der Waals surface area contributed by atoms with Gasteiger partial charge in [-0.1, -0.05) is 59.1 Å². The van der Waals surface area contributed by atoms with Crippen LogP contribution in [0.4, 0.5) is 16.2 Å². The Bertz CT molecular complexity index is 1470. The second-order valence-corrected chi connectivity index (χ2v) is 9.07. The number of nitrogens with one attached hydrogen (secondary N) is 2. The summed E-state index contributed by atoms with van der Waals surface area (Å²) in [5, 5.41) is 5.81. The molecule has 1 saturated heterocycles. The molecular formula is C26H18Cl3N3O5. The zero-order valence-electron chi connectivity index (χ0n) is 19.2. The third-order valence-electron chi connectivity index (χ3n) is 5.36. The highest BCUT2D eigenvalue weighted by molar-refractivity contribution is 6.42. The molecule has 0 saturated carbocycles. The number of ether oxygens (including phenoxy) is 1. The summed E-state index contributed by atoms with van der Waals surface area (Å²) in [6.45, 7) is 1.29. The van der Waals surface area contributed by atoms with Crippen LogP contribution in [0.3, 0.4) is 0 Å². The first kappa shape index (κ1) is 26.2. The highest BCUT2D eigenvalue weighted by Crippen LogP contribution is 2.30. The van der Waals surface area contributed by atoms with Crippen molar-refractivity contribution in [3.8, 4) is 5.75 Å². The van der Waals surface area contributed by atoms with E-state index >= 15 is 0 Å². The molecule has 11 heteroatoms. The first-order valence-corrected chi connectivity index (χ1v) is 11.9. The SMILES string of the molecule is Cc1c(Cl)cccc1N1C(=O)NC(=O)/C(=C/c2ccccc2OCC(=O)Nc2ccc(Cl)c(Cl)c2)C1=O. The van der Waals surface area contributed by atoms with Crippen molar-refractivity contribution in [3.05, 3.63) is 92.4 Å². The summed E-state index contributed by atoms with van der Waals surface area (Å²) in [6.07, 6.45) is 1.29. The van der Waals surface area contributed by atoms with Gasteiger partial charge in [-0.15, -0.1) is 0 Å². The van der Waals surface area contributed by atoms with E-state index in [-0.39, 0.29) is 28.6 Å². The largest absolute Gasteiger partial charge is 0.483 e. The van der Waals surface area contributed by atoms with Crippen LogP contribution in [0.5, 0.6) is 5.75 Å². The molecule has 1 heterocycles. The van der Waals surface area contributed by atoms with Gasteiger partial charge >= 0.3 is 6.03 Å². The van der Waals surface area contributed by atoms with Gasteiger partial charge in [0.2, 0.25) is 0 Å². The van der Waals surface area contributed by atoms with Crippen LogP contribution in [0.1, 0.15) is 11.1 Å². The Kier molecular flexibility index (Phi) is 7.83. The van der Waals surface area contributed by atoms with Gasteiger partial charge in [-0.25, -0.2) is 9.69 Å². The molecule has 3 aromatic rings. The lowest BCUT2D eigenvalue weighted by atomic mass is 10.0. The van der Waals surface area contributed by atoms with Gasteiger partial charge in [-0.05, 0) is 55.0 Å². The van der Waals surface area contributed by atoms with Gasteiger partial charge in [-0.2, -0.15) is 0 Å². The number of imide groups is 2. The number of hydrogen-bond donors (Lipinski definition) is 2. The van der Waals surface area contributed by atoms with E-state index in [2.05, 4.69) is 10.6 Å². The first-order chi connectivity index (χ1) is 17.7. The van der Waals surface area contributed by atoms with Gasteiger partial charge in [0.15, 0.2) is 6.61 Å². The average Bonchev–Trinajstić information content (AvgIpc) is 2.86. The van der Waals surface area contributed by atoms with Gasteiger partial charge in [0.1, 0.15) is 11.3 Å². The molecule has 1 aliphatic rings. The molecule has 1 aliphatic heterocycles. The third-order valence-corrected chi connectivity index (χ3v) is 6.51. The maximum Gasteiger partial charge on any atom is 0.335 e. The molecule has 8 nitrogen and oxygen atoms in total. The Morgan fingerprint density at radius 3 is 2.49 bits per heavy atom. The highest BCUT2D eigenvalue weighted by atomic mass is 35.5. The molecule has 0 atom stereocenters. The van der Waals surface area contributed by atoms with Crippen LogP contribution >= 0.6 is 34.8 Å². The number of urea groups is 1. The van der Waals surface area contributed by atoms with Gasteiger partial charge in [0.05, 0.1) is 15.7 Å². The number of nitrogens with zero attached hydrogens (tertiary/aromatic N) is 1. The predicted molar refractivity (Wildman–Crippen MR) is 142 cm³/mol. The second-order valence-electron chi connectivity index (χ2n) is 7.85. The molecule has 0 aliphatic carbocycles. The van der Waals surface area contributed by atoms with Crippen molar-refractivity contribution in [2.45, 2.75) is 6.92 Å². The molecule has 0 aromatic heterocycles. The van der Waals surface area contributed by atoms with E-state index in [1.165, 1.54) is 12.1 Å². The van der Waals surface area contributed by atoms with Gasteiger partial charge < -0.3 is 10.1 Å². The van der Waals surface area contributed by atoms with E-state index in [1.807, 2.05) is 0 Å². The van der Waals surface area contributed by atoms with Crippen molar-refractivity contribution >= 4 is 76.0 Å². The summed E-state index contributed by atoms with van der Waals surface area (Å²) >= 11 is 18.0. The summed E-state index contributed by atoms with van der Waals surface area (Å²) in [5.74, 6) is -1.92. The number of anilines is 2. The minimum absolute atomic E-state index is 0.238. The van der Waals surface area contributed by atoms with Crippen LogP contribution in [-0.2, 0) is 14.4 Å². The number of benzene rings is 3. The number of carbonyl (C=O) groups excluding carboxylic acids is 4. The van der Waals surface area contributed by atoms with E-state index in [0.717, 1.165) is 4.90 Å². The summed E-state index contributed by atoms with van der Waals surface area (Å²) in [4.78, 5) is 51.6. The Balaban J connectivity index is 1.56. The van der Waals surface area contributed by atoms with Crippen molar-refractivity contribution in [2.24, 2.45) is 0 Å². The minimum atomic E-state index is -0.888. The van der Waals surface area contributed by atoms with Crippen molar-refractivity contribution in [2.75, 3.05) is 16.8 Å². The zero-order valence-corrected chi connectivity index (χ0v) is 21.4. The topological polar surface area (TPSA) is 105 Å². The summed E-state index contributed by atoms with van der Waals surface area (Å²) < 4.78 is 5.65. The maximum absolute atomic E-state index is 13.3. The zero-order chi connectivity index (χ0) is 26.7. The highest BCUT2D eigenvalue weighted by Gasteiger charge is 2.37. The van der Waals surface area contributed by atoms with Gasteiger partial charge in [0, 0.05) is 16.3 Å².